The van der Waals surface area contributed by atoms with E-state index in [0.717, 1.165) is 12.1 Å². The summed E-state index contributed by atoms with van der Waals surface area (Å²) in [6.07, 6.45) is 0.373. The maximum atomic E-state index is 13.2. The molecule has 2 saturated heterocycles. The Balaban J connectivity index is 1.92. The zero-order valence-corrected chi connectivity index (χ0v) is 9.24. The minimum absolute atomic E-state index is 0.0108. The summed E-state index contributed by atoms with van der Waals surface area (Å²) in [6, 6.07) is 6.54. The molecule has 1 amide bonds. The number of piperidine rings is 1. The molecule has 3 unspecified atom stereocenters. The fourth-order valence-corrected chi connectivity index (χ4v) is 2.72. The summed E-state index contributed by atoms with van der Waals surface area (Å²) in [4.78, 5) is 11.6. The lowest BCUT2D eigenvalue weighted by Gasteiger charge is -2.33. The summed E-state index contributed by atoms with van der Waals surface area (Å²) in [5.41, 5.74) is 6.97. The van der Waals surface area contributed by atoms with E-state index in [0.29, 0.717) is 6.42 Å². The van der Waals surface area contributed by atoms with Crippen LogP contribution in [0.1, 0.15) is 17.9 Å². The predicted octanol–water partition coefficient (Wildman–Crippen LogP) is 0.479. The van der Waals surface area contributed by atoms with Gasteiger partial charge in [-0.1, -0.05) is 12.1 Å². The van der Waals surface area contributed by atoms with Crippen molar-refractivity contribution in [1.29, 1.82) is 0 Å². The van der Waals surface area contributed by atoms with Gasteiger partial charge in [-0.2, -0.15) is 0 Å². The molecule has 90 valence electrons. The average Bonchev–Trinajstić information content (AvgIpc) is 2.75. The van der Waals surface area contributed by atoms with E-state index in [-0.39, 0.29) is 29.7 Å². The van der Waals surface area contributed by atoms with Gasteiger partial charge in [-0.15, -0.1) is 0 Å². The van der Waals surface area contributed by atoms with Gasteiger partial charge in [0.1, 0.15) is 5.82 Å². The highest BCUT2D eigenvalue weighted by Crippen LogP contribution is 2.34. The molecule has 0 aromatic heterocycles. The monoisotopic (exact) mass is 235 g/mol. The summed E-state index contributed by atoms with van der Waals surface area (Å²) in [6.45, 7) is 0.784. The van der Waals surface area contributed by atoms with E-state index < -0.39 is 0 Å². The highest BCUT2D eigenvalue weighted by molar-refractivity contribution is 5.78. The molecule has 3 atom stereocenters. The third-order valence-corrected chi connectivity index (χ3v) is 3.54. The Morgan fingerprint density at radius 2 is 2.24 bits per heavy atom. The van der Waals surface area contributed by atoms with Gasteiger partial charge in [0.15, 0.2) is 0 Å². The van der Waals surface area contributed by atoms with Gasteiger partial charge in [-0.05, 0) is 17.7 Å². The number of benzene rings is 1. The van der Waals surface area contributed by atoms with Crippen LogP contribution in [0.2, 0.25) is 0 Å². The smallest absolute Gasteiger partial charge is 0.221 e. The maximum Gasteiger partial charge on any atom is 0.221 e. The third kappa shape index (κ3) is 1.92. The molecule has 2 heterocycles. The number of rotatable bonds is 1. The number of amides is 1. The van der Waals surface area contributed by atoms with Crippen LogP contribution in [0.15, 0.2) is 24.3 Å². The van der Waals surface area contributed by atoms with Gasteiger partial charge in [-0.3, -0.25) is 10.2 Å². The van der Waals surface area contributed by atoms with Crippen LogP contribution in [0.3, 0.4) is 0 Å². The molecule has 0 aliphatic carbocycles. The van der Waals surface area contributed by atoms with E-state index in [1.165, 1.54) is 12.1 Å². The molecule has 2 aliphatic rings. The van der Waals surface area contributed by atoms with E-state index in [2.05, 4.69) is 16.2 Å². The molecule has 5 heteroatoms. The molecule has 3 N–H and O–H groups in total. The Morgan fingerprint density at radius 3 is 3.06 bits per heavy atom. The van der Waals surface area contributed by atoms with Gasteiger partial charge in [0.25, 0.3) is 0 Å². The van der Waals surface area contributed by atoms with Crippen molar-refractivity contribution in [3.8, 4) is 0 Å². The summed E-state index contributed by atoms with van der Waals surface area (Å²) in [5.74, 6) is 0.113. The molecular weight excluding hydrogens is 221 g/mol. The first-order chi connectivity index (χ1) is 8.24. The zero-order valence-electron chi connectivity index (χ0n) is 9.24. The van der Waals surface area contributed by atoms with Crippen LogP contribution >= 0.6 is 0 Å². The number of carbonyl (C=O) groups excluding carboxylic acids is 1. The lowest BCUT2D eigenvalue weighted by atomic mass is 9.79. The molecule has 1 aromatic rings. The fourth-order valence-electron chi connectivity index (χ4n) is 2.72. The number of carbonyl (C=O) groups is 1. The van der Waals surface area contributed by atoms with Gasteiger partial charge in [-0.25, -0.2) is 9.82 Å². The van der Waals surface area contributed by atoms with Crippen LogP contribution in [0.25, 0.3) is 0 Å². The third-order valence-electron chi connectivity index (χ3n) is 3.54. The van der Waals surface area contributed by atoms with Gasteiger partial charge < -0.3 is 5.32 Å². The molecule has 0 saturated carbocycles. The van der Waals surface area contributed by atoms with Gasteiger partial charge in [0, 0.05) is 24.8 Å². The SMILES string of the molecule is O=C1CC(c2cccc(F)c2)C2CNNC2N1. The van der Waals surface area contributed by atoms with E-state index in [9.17, 15) is 9.18 Å². The van der Waals surface area contributed by atoms with Crippen molar-refractivity contribution in [2.24, 2.45) is 5.92 Å². The van der Waals surface area contributed by atoms with Crippen LogP contribution in [0.5, 0.6) is 0 Å². The molecule has 3 rings (SSSR count). The normalized spacial score (nSPS) is 32.1. The molecule has 17 heavy (non-hydrogen) atoms. The first kappa shape index (κ1) is 10.7. The lowest BCUT2D eigenvalue weighted by Crippen LogP contribution is -2.52. The van der Waals surface area contributed by atoms with E-state index >= 15 is 0 Å². The molecule has 2 aliphatic heterocycles. The van der Waals surface area contributed by atoms with Crippen LogP contribution in [0.4, 0.5) is 4.39 Å². The number of nitrogens with one attached hydrogen (secondary N) is 3. The fraction of sp³-hybridized carbons (Fsp3) is 0.417. The predicted molar refractivity (Wildman–Crippen MR) is 60.3 cm³/mol. The van der Waals surface area contributed by atoms with E-state index in [1.54, 1.807) is 6.07 Å². The van der Waals surface area contributed by atoms with Gasteiger partial charge in [0.2, 0.25) is 5.91 Å². The molecular formula is C12H14FN3O. The Labute approximate surface area is 98.6 Å². The number of halogens is 1. The van der Waals surface area contributed by atoms with Crippen molar-refractivity contribution < 1.29 is 9.18 Å². The molecule has 0 spiro atoms. The van der Waals surface area contributed by atoms with Crippen molar-refractivity contribution in [2.75, 3.05) is 6.54 Å². The van der Waals surface area contributed by atoms with Crippen LogP contribution in [-0.2, 0) is 4.79 Å². The van der Waals surface area contributed by atoms with Crippen LogP contribution < -0.4 is 16.2 Å². The second kappa shape index (κ2) is 4.09. The summed E-state index contributed by atoms with van der Waals surface area (Å²) in [5, 5.41) is 2.89. The van der Waals surface area contributed by atoms with Crippen molar-refractivity contribution in [3.63, 3.8) is 0 Å². The Morgan fingerprint density at radius 1 is 1.35 bits per heavy atom. The minimum Gasteiger partial charge on any atom is -0.339 e. The molecule has 4 nitrogen and oxygen atoms in total. The second-order valence-corrected chi connectivity index (χ2v) is 4.60. The lowest BCUT2D eigenvalue weighted by molar-refractivity contribution is -0.124. The van der Waals surface area contributed by atoms with Gasteiger partial charge in [0.05, 0.1) is 6.17 Å². The largest absolute Gasteiger partial charge is 0.339 e. The molecule has 2 fully saturated rings. The van der Waals surface area contributed by atoms with Gasteiger partial charge >= 0.3 is 0 Å². The first-order valence-corrected chi connectivity index (χ1v) is 5.77. The van der Waals surface area contributed by atoms with E-state index in [1.807, 2.05) is 6.07 Å². The van der Waals surface area contributed by atoms with Crippen molar-refractivity contribution in [3.05, 3.63) is 35.6 Å². The van der Waals surface area contributed by atoms with Crippen LogP contribution in [-0.4, -0.2) is 18.6 Å². The minimum atomic E-state index is -0.246. The Hall–Kier alpha value is -1.46. The molecule has 0 radical (unpaired) electrons. The van der Waals surface area contributed by atoms with Crippen LogP contribution in [0, 0.1) is 11.7 Å². The van der Waals surface area contributed by atoms with Crippen molar-refractivity contribution in [2.45, 2.75) is 18.5 Å². The topological polar surface area (TPSA) is 53.2 Å². The number of hydrazine groups is 1. The van der Waals surface area contributed by atoms with Crippen molar-refractivity contribution in [1.82, 2.24) is 16.2 Å². The number of hydrogen-bond acceptors (Lipinski definition) is 3. The summed E-state index contributed by atoms with van der Waals surface area (Å²) < 4.78 is 13.2. The maximum absolute atomic E-state index is 13.2. The number of fused-ring (bicyclic) bond motifs is 1. The molecule has 0 bridgehead atoms. The first-order valence-electron chi connectivity index (χ1n) is 5.77. The Kier molecular flexibility index (Phi) is 2.57. The summed E-state index contributed by atoms with van der Waals surface area (Å²) >= 11 is 0. The van der Waals surface area contributed by atoms with E-state index in [4.69, 9.17) is 0 Å². The summed E-state index contributed by atoms with van der Waals surface area (Å²) in [7, 11) is 0. The second-order valence-electron chi connectivity index (χ2n) is 4.60. The average molecular weight is 235 g/mol. The zero-order chi connectivity index (χ0) is 11.8. The highest BCUT2D eigenvalue weighted by atomic mass is 19.1. The molecule has 1 aromatic carbocycles. The number of hydrogen-bond donors (Lipinski definition) is 3. The quantitative estimate of drug-likeness (QED) is 0.663. The highest BCUT2D eigenvalue weighted by Gasteiger charge is 2.40. The standard InChI is InChI=1S/C12H14FN3O/c13-8-3-1-2-7(4-8)9-5-11(17)15-12-10(9)6-14-16-12/h1-4,9-10,12,14,16H,5-6H2,(H,15,17). The Bertz CT molecular complexity index is 451. The van der Waals surface area contributed by atoms with Crippen molar-refractivity contribution >= 4 is 5.91 Å².